The number of rotatable bonds is 4. The van der Waals surface area contributed by atoms with Crippen LogP contribution in [0.15, 0.2) is 6.20 Å². The predicted molar refractivity (Wildman–Crippen MR) is 71.0 cm³/mol. The molecule has 0 aromatic carbocycles. The highest BCUT2D eigenvalue weighted by atomic mass is 32.1. The van der Waals surface area contributed by atoms with E-state index in [2.05, 4.69) is 10.4 Å². The first kappa shape index (κ1) is 13.4. The van der Waals surface area contributed by atoms with Crippen LogP contribution in [0.4, 0.5) is 10.6 Å². The standard InChI is InChI=1S/C10H17N5OS/c1-4-15(5-2)10(16)13-9-7(8(11)17)6-12-14(9)3/h6H,4-5H2,1-3H3,(H2,11,17)(H,13,16). The maximum atomic E-state index is 11.9. The molecule has 0 atom stereocenters. The van der Waals surface area contributed by atoms with Gasteiger partial charge in [-0.1, -0.05) is 12.2 Å². The number of hydrogen-bond acceptors (Lipinski definition) is 3. The maximum absolute atomic E-state index is 11.9. The number of carbonyl (C=O) groups excluding carboxylic acids is 1. The summed E-state index contributed by atoms with van der Waals surface area (Å²) in [6.45, 7) is 5.12. The largest absolute Gasteiger partial charge is 0.389 e. The molecular weight excluding hydrogens is 238 g/mol. The molecule has 3 N–H and O–H groups in total. The molecule has 1 heterocycles. The number of carbonyl (C=O) groups is 1. The van der Waals surface area contributed by atoms with Crippen LogP contribution in [-0.4, -0.2) is 38.8 Å². The molecule has 0 saturated heterocycles. The van der Waals surface area contributed by atoms with Crippen molar-refractivity contribution in [3.63, 3.8) is 0 Å². The van der Waals surface area contributed by atoms with Crippen LogP contribution in [0.3, 0.4) is 0 Å². The van der Waals surface area contributed by atoms with Crippen molar-refractivity contribution in [1.29, 1.82) is 0 Å². The van der Waals surface area contributed by atoms with E-state index in [0.717, 1.165) is 0 Å². The zero-order valence-corrected chi connectivity index (χ0v) is 11.0. The van der Waals surface area contributed by atoms with E-state index in [-0.39, 0.29) is 11.0 Å². The molecule has 0 aliphatic rings. The van der Waals surface area contributed by atoms with E-state index in [1.807, 2.05) is 13.8 Å². The fourth-order valence-electron chi connectivity index (χ4n) is 1.46. The number of urea groups is 1. The van der Waals surface area contributed by atoms with Crippen molar-refractivity contribution in [2.45, 2.75) is 13.8 Å². The topological polar surface area (TPSA) is 76.2 Å². The third kappa shape index (κ3) is 2.94. The lowest BCUT2D eigenvalue weighted by molar-refractivity contribution is 0.217. The molecule has 17 heavy (non-hydrogen) atoms. The number of nitrogens with two attached hydrogens (primary N) is 1. The highest BCUT2D eigenvalue weighted by molar-refractivity contribution is 7.80. The van der Waals surface area contributed by atoms with Gasteiger partial charge in [0.2, 0.25) is 0 Å². The predicted octanol–water partition coefficient (Wildman–Crippen LogP) is 0.928. The summed E-state index contributed by atoms with van der Waals surface area (Å²) in [5.41, 5.74) is 6.13. The Morgan fingerprint density at radius 3 is 2.65 bits per heavy atom. The number of hydrogen-bond donors (Lipinski definition) is 2. The summed E-state index contributed by atoms with van der Waals surface area (Å²) >= 11 is 4.90. The monoisotopic (exact) mass is 255 g/mol. The van der Waals surface area contributed by atoms with E-state index >= 15 is 0 Å². The molecule has 0 unspecified atom stereocenters. The molecular formula is C10H17N5OS. The molecule has 0 radical (unpaired) electrons. The molecule has 1 aromatic heterocycles. The molecule has 0 aliphatic carbocycles. The van der Waals surface area contributed by atoms with Gasteiger partial charge in [0.15, 0.2) is 0 Å². The Bertz CT molecular complexity index is 424. The summed E-state index contributed by atoms with van der Waals surface area (Å²) in [6, 6.07) is -0.184. The van der Waals surface area contributed by atoms with Crippen LogP contribution in [0.1, 0.15) is 19.4 Å². The molecule has 0 saturated carbocycles. The summed E-state index contributed by atoms with van der Waals surface area (Å²) in [7, 11) is 1.72. The Balaban J connectivity index is 2.91. The summed E-state index contributed by atoms with van der Waals surface area (Å²) in [6.07, 6.45) is 1.54. The molecule has 0 aliphatic heterocycles. The SMILES string of the molecule is CCN(CC)C(=O)Nc1c(C(N)=S)cnn1C. The first-order valence-electron chi connectivity index (χ1n) is 5.38. The average molecular weight is 255 g/mol. The van der Waals surface area contributed by atoms with Crippen LogP contribution >= 0.6 is 12.2 Å². The van der Waals surface area contributed by atoms with E-state index in [1.165, 1.54) is 4.68 Å². The van der Waals surface area contributed by atoms with Gasteiger partial charge in [0.25, 0.3) is 0 Å². The van der Waals surface area contributed by atoms with E-state index in [9.17, 15) is 4.79 Å². The van der Waals surface area contributed by atoms with Crippen LogP contribution in [-0.2, 0) is 7.05 Å². The first-order valence-corrected chi connectivity index (χ1v) is 5.79. The van der Waals surface area contributed by atoms with Gasteiger partial charge in [-0.05, 0) is 13.8 Å². The van der Waals surface area contributed by atoms with Crippen LogP contribution in [0.2, 0.25) is 0 Å². The second-order valence-corrected chi connectivity index (χ2v) is 3.94. The van der Waals surface area contributed by atoms with E-state index in [0.29, 0.717) is 24.5 Å². The van der Waals surface area contributed by atoms with Crippen molar-refractivity contribution in [2.24, 2.45) is 12.8 Å². The number of nitrogens with one attached hydrogen (secondary N) is 1. The van der Waals surface area contributed by atoms with Crippen LogP contribution in [0.25, 0.3) is 0 Å². The number of nitrogens with zero attached hydrogens (tertiary/aromatic N) is 3. The van der Waals surface area contributed by atoms with E-state index < -0.39 is 0 Å². The molecule has 94 valence electrons. The van der Waals surface area contributed by atoms with Gasteiger partial charge in [-0.25, -0.2) is 4.79 Å². The van der Waals surface area contributed by atoms with Gasteiger partial charge in [-0.2, -0.15) is 5.10 Å². The molecule has 0 spiro atoms. The Morgan fingerprint density at radius 1 is 1.59 bits per heavy atom. The minimum atomic E-state index is -0.184. The Labute approximate surface area is 106 Å². The summed E-state index contributed by atoms with van der Waals surface area (Å²) in [5.74, 6) is 0.523. The maximum Gasteiger partial charge on any atom is 0.322 e. The van der Waals surface area contributed by atoms with E-state index in [1.54, 1.807) is 18.1 Å². The number of anilines is 1. The fraction of sp³-hybridized carbons (Fsp3) is 0.500. The van der Waals surface area contributed by atoms with Crippen molar-refractivity contribution in [3.8, 4) is 0 Å². The molecule has 1 rings (SSSR count). The molecule has 0 bridgehead atoms. The highest BCUT2D eigenvalue weighted by Crippen LogP contribution is 2.14. The summed E-state index contributed by atoms with van der Waals surface area (Å²) in [5, 5.41) is 6.78. The lowest BCUT2D eigenvalue weighted by Gasteiger charge is -2.19. The molecule has 6 nitrogen and oxygen atoms in total. The van der Waals surface area contributed by atoms with Gasteiger partial charge in [-0.15, -0.1) is 0 Å². The van der Waals surface area contributed by atoms with Crippen LogP contribution in [0, 0.1) is 0 Å². The summed E-state index contributed by atoms with van der Waals surface area (Å²) < 4.78 is 1.54. The van der Waals surface area contributed by atoms with Crippen molar-refractivity contribution in [2.75, 3.05) is 18.4 Å². The van der Waals surface area contributed by atoms with E-state index in [4.69, 9.17) is 18.0 Å². The average Bonchev–Trinajstić information content (AvgIpc) is 2.62. The first-order chi connectivity index (χ1) is 8.01. The van der Waals surface area contributed by atoms with Gasteiger partial charge in [0.05, 0.1) is 11.8 Å². The van der Waals surface area contributed by atoms with Gasteiger partial charge >= 0.3 is 6.03 Å². The van der Waals surface area contributed by atoms with Crippen molar-refractivity contribution >= 4 is 29.1 Å². The number of aromatic nitrogens is 2. The number of thiocarbonyl (C=S) groups is 1. The van der Waals surface area contributed by atoms with Gasteiger partial charge < -0.3 is 10.6 Å². The molecule has 0 fully saturated rings. The molecule has 7 heteroatoms. The summed E-state index contributed by atoms with van der Waals surface area (Å²) in [4.78, 5) is 13.8. The lowest BCUT2D eigenvalue weighted by atomic mass is 10.3. The van der Waals surface area contributed by atoms with Crippen molar-refractivity contribution < 1.29 is 4.79 Å². The smallest absolute Gasteiger partial charge is 0.322 e. The minimum absolute atomic E-state index is 0.184. The third-order valence-corrected chi connectivity index (χ3v) is 2.70. The highest BCUT2D eigenvalue weighted by Gasteiger charge is 2.16. The zero-order valence-electron chi connectivity index (χ0n) is 10.2. The Kier molecular flexibility index (Phi) is 4.45. The van der Waals surface area contributed by atoms with Gasteiger partial charge in [0, 0.05) is 20.1 Å². The minimum Gasteiger partial charge on any atom is -0.389 e. The normalized spacial score (nSPS) is 10.1. The lowest BCUT2D eigenvalue weighted by Crippen LogP contribution is -2.35. The Hall–Kier alpha value is -1.63. The van der Waals surface area contributed by atoms with Gasteiger partial charge in [0.1, 0.15) is 10.8 Å². The van der Waals surface area contributed by atoms with Crippen molar-refractivity contribution in [1.82, 2.24) is 14.7 Å². The Morgan fingerprint density at radius 2 is 2.18 bits per heavy atom. The molecule has 1 aromatic rings. The quantitative estimate of drug-likeness (QED) is 0.785. The van der Waals surface area contributed by atoms with Crippen LogP contribution < -0.4 is 11.1 Å². The fourth-order valence-corrected chi connectivity index (χ4v) is 1.61. The second-order valence-electron chi connectivity index (χ2n) is 3.50. The van der Waals surface area contributed by atoms with Crippen molar-refractivity contribution in [3.05, 3.63) is 11.8 Å². The second kappa shape index (κ2) is 5.62. The zero-order chi connectivity index (χ0) is 13.0. The number of amides is 2. The van der Waals surface area contributed by atoms with Crippen LogP contribution in [0.5, 0.6) is 0 Å². The number of aryl methyl sites for hydroxylation is 1. The van der Waals surface area contributed by atoms with Gasteiger partial charge in [-0.3, -0.25) is 10.00 Å². The molecule has 2 amide bonds. The third-order valence-electron chi connectivity index (χ3n) is 2.48.